The Morgan fingerprint density at radius 2 is 1.42 bits per heavy atom. The largest absolute Gasteiger partial charge is 0.461 e. The Labute approximate surface area is 399 Å². The van der Waals surface area contributed by atoms with Crippen LogP contribution in [-0.2, 0) is 28.2 Å². The van der Waals surface area contributed by atoms with Gasteiger partial charge in [-0.05, 0) is 76.6 Å². The first kappa shape index (κ1) is 57.9. The maximum Gasteiger partial charge on any atom is 0.343 e. The third-order valence-corrected chi connectivity index (χ3v) is 12.2. The van der Waals surface area contributed by atoms with Crippen molar-refractivity contribution in [1.29, 1.82) is 0 Å². The maximum atomic E-state index is 14.4. The van der Waals surface area contributed by atoms with E-state index in [0.717, 1.165) is 37.5 Å². The van der Waals surface area contributed by atoms with Crippen molar-refractivity contribution in [3.8, 4) is 5.75 Å². The lowest BCUT2D eigenvalue weighted by Crippen LogP contribution is -2.56. The number of aliphatic imine (C=N–C) groups is 1. The van der Waals surface area contributed by atoms with Crippen LogP contribution < -0.4 is 15.5 Å². The van der Waals surface area contributed by atoms with Gasteiger partial charge in [0.15, 0.2) is 5.69 Å². The summed E-state index contributed by atoms with van der Waals surface area (Å²) in [5.74, 6) is -4.82. The summed E-state index contributed by atoms with van der Waals surface area (Å²) in [5, 5.41) is 2.51. The van der Waals surface area contributed by atoms with Crippen LogP contribution in [0, 0.1) is 17.6 Å². The molecule has 13 heteroatoms. The molecule has 0 radical (unpaired) electrons. The molecule has 0 saturated carbocycles. The summed E-state index contributed by atoms with van der Waals surface area (Å²) in [6.07, 6.45) is 17.5. The molecule has 1 saturated heterocycles. The molecule has 2 amide bonds. The number of nitrogens with one attached hydrogen (secondary N) is 1. The lowest BCUT2D eigenvalue weighted by molar-refractivity contribution is -0.145. The number of halogens is 2. The van der Waals surface area contributed by atoms with Crippen LogP contribution >= 0.6 is 0 Å². The van der Waals surface area contributed by atoms with Crippen molar-refractivity contribution in [3.63, 3.8) is 0 Å². The Kier molecular flexibility index (Phi) is 26.1. The first-order valence-corrected chi connectivity index (χ1v) is 24.7. The normalized spacial score (nSPS) is 16.9. The summed E-state index contributed by atoms with van der Waals surface area (Å²) in [6.45, 7) is 20.3. The number of unbranched alkanes of at least 4 members (excludes halogenated alkanes) is 10. The Balaban J connectivity index is 0.00000141. The van der Waals surface area contributed by atoms with Gasteiger partial charge in [-0.1, -0.05) is 130 Å². The zero-order valence-electron chi connectivity index (χ0n) is 42.5. The highest BCUT2D eigenvalue weighted by Gasteiger charge is 2.48. The smallest absolute Gasteiger partial charge is 0.343 e. The SMILES string of the molecule is CC.CCC.CCCCCCCCCCCCCC(=O)OCc1ccc(C(=O)Oc2c3n(cc(C(=O)NCc4ccc(F)cc4F)c2=O)C2(C)CN(C3=O)C(C)CCC2C)cc1.CN=C(C)C. The summed E-state index contributed by atoms with van der Waals surface area (Å²) in [6, 6.07) is 8.97. The molecule has 3 aromatic rings. The monoisotopic (exact) mass is 935 g/mol. The lowest BCUT2D eigenvalue weighted by atomic mass is 9.82. The number of carbonyl (C=O) groups is 4. The van der Waals surface area contributed by atoms with E-state index >= 15 is 0 Å². The fraction of sp³-hybridized carbons (Fsp3) is 0.593. The number of pyridine rings is 1. The van der Waals surface area contributed by atoms with Gasteiger partial charge in [0.2, 0.25) is 11.2 Å². The van der Waals surface area contributed by atoms with Crippen LogP contribution in [0.2, 0.25) is 0 Å². The van der Waals surface area contributed by atoms with Gasteiger partial charge in [-0.15, -0.1) is 0 Å². The van der Waals surface area contributed by atoms with E-state index in [1.165, 1.54) is 82.2 Å². The zero-order valence-corrected chi connectivity index (χ0v) is 42.5. The van der Waals surface area contributed by atoms with Gasteiger partial charge in [-0.2, -0.15) is 0 Å². The molecule has 1 aromatic heterocycles. The summed E-state index contributed by atoms with van der Waals surface area (Å²) in [4.78, 5) is 73.3. The average molecular weight is 935 g/mol. The first-order valence-electron chi connectivity index (χ1n) is 24.7. The number of rotatable bonds is 19. The molecule has 372 valence electrons. The van der Waals surface area contributed by atoms with Crippen molar-refractivity contribution < 1.29 is 37.4 Å². The second kappa shape index (κ2) is 30.2. The van der Waals surface area contributed by atoms with E-state index in [1.807, 2.05) is 48.5 Å². The number of amides is 2. The summed E-state index contributed by atoms with van der Waals surface area (Å²) in [7, 11) is 1.79. The van der Waals surface area contributed by atoms with Gasteiger partial charge in [-0.3, -0.25) is 24.2 Å². The van der Waals surface area contributed by atoms with Crippen molar-refractivity contribution in [2.24, 2.45) is 10.9 Å². The minimum Gasteiger partial charge on any atom is -0.461 e. The fourth-order valence-electron chi connectivity index (χ4n) is 7.78. The van der Waals surface area contributed by atoms with E-state index < -0.39 is 51.7 Å². The van der Waals surface area contributed by atoms with Gasteiger partial charge in [0.25, 0.3) is 11.8 Å². The number of nitrogens with zero attached hydrogens (tertiary/aromatic N) is 3. The van der Waals surface area contributed by atoms with Crippen molar-refractivity contribution in [3.05, 3.63) is 98.5 Å². The number of carbonyl (C=O) groups excluding carboxylic acids is 4. The molecule has 5 rings (SSSR count). The Hall–Kier alpha value is -5.20. The highest BCUT2D eigenvalue weighted by Crippen LogP contribution is 2.42. The average Bonchev–Trinajstić information content (AvgIpc) is 3.41. The van der Waals surface area contributed by atoms with Gasteiger partial charge in [0.05, 0.1) is 11.1 Å². The third-order valence-electron chi connectivity index (χ3n) is 12.2. The van der Waals surface area contributed by atoms with Crippen LogP contribution in [0.15, 0.2) is 58.4 Å². The van der Waals surface area contributed by atoms with E-state index in [2.05, 4.69) is 31.1 Å². The van der Waals surface area contributed by atoms with Gasteiger partial charge >= 0.3 is 11.9 Å². The van der Waals surface area contributed by atoms with Crippen molar-refractivity contribution in [2.75, 3.05) is 13.6 Å². The standard InChI is InChI=1S/C45H57F2N3O7.C4H9N.C3H8.C2H6/c1-5-6-7-8-9-10-11-12-13-14-15-16-38(51)56-28-32-19-21-33(22-20-32)44(55)57-41-39-43(54)49-29-45(4,30(2)17-18-31(49)3)50(39)27-36(40(41)52)42(53)48-26-34-23-24-35(46)25-37(34)47;1-4(2)5-3;1-3-2;1-2/h19-25,27,30-31H,5-18,26,28-29H2,1-4H3,(H,48,53);1-3H3;3H2,1-2H3;1-2H3. The molecule has 2 bridgehead atoms. The van der Waals surface area contributed by atoms with Crippen LogP contribution in [-0.4, -0.2) is 58.6 Å². The number of hydrogen-bond acceptors (Lipinski definition) is 8. The van der Waals surface area contributed by atoms with Gasteiger partial charge in [0.1, 0.15) is 23.8 Å². The lowest BCUT2D eigenvalue weighted by Gasteiger charge is -2.46. The topological polar surface area (TPSA) is 136 Å². The number of fused-ring (bicyclic) bond motifs is 4. The highest BCUT2D eigenvalue weighted by molar-refractivity contribution is 6.01. The number of benzene rings is 2. The van der Waals surface area contributed by atoms with Crippen LogP contribution in [0.3, 0.4) is 0 Å². The Bertz CT molecular complexity index is 2120. The summed E-state index contributed by atoms with van der Waals surface area (Å²) in [5.41, 5.74) is -0.439. The molecule has 3 heterocycles. The fourth-order valence-corrected chi connectivity index (χ4v) is 7.78. The molecule has 1 fully saturated rings. The van der Waals surface area contributed by atoms with Gasteiger partial charge < -0.3 is 24.3 Å². The highest BCUT2D eigenvalue weighted by atomic mass is 19.1. The zero-order chi connectivity index (χ0) is 50.1. The minimum atomic E-state index is -0.981. The third kappa shape index (κ3) is 17.8. The first-order chi connectivity index (χ1) is 32.0. The van der Waals surface area contributed by atoms with Gasteiger partial charge in [-0.25, -0.2) is 13.6 Å². The predicted molar refractivity (Wildman–Crippen MR) is 265 cm³/mol. The van der Waals surface area contributed by atoms with E-state index in [9.17, 15) is 32.8 Å². The molecule has 3 unspecified atom stereocenters. The molecule has 2 aromatic carbocycles. The number of ether oxygens (including phenoxy) is 2. The van der Waals surface area contributed by atoms with E-state index in [-0.39, 0.29) is 47.9 Å². The number of esters is 2. The molecule has 2 aliphatic rings. The van der Waals surface area contributed by atoms with Crippen molar-refractivity contribution in [2.45, 2.75) is 190 Å². The minimum absolute atomic E-state index is 0.00109. The van der Waals surface area contributed by atoms with Crippen molar-refractivity contribution >= 4 is 29.5 Å². The molecule has 11 nitrogen and oxygen atoms in total. The van der Waals surface area contributed by atoms with Crippen LogP contribution in [0.1, 0.15) is 208 Å². The second-order valence-corrected chi connectivity index (χ2v) is 17.9. The molecular weight excluding hydrogens is 855 g/mol. The molecule has 1 N–H and O–H groups in total. The second-order valence-electron chi connectivity index (χ2n) is 17.9. The van der Waals surface area contributed by atoms with Crippen molar-refractivity contribution in [1.82, 2.24) is 14.8 Å². The quantitative estimate of drug-likeness (QED) is 0.0718. The van der Waals surface area contributed by atoms with E-state index in [4.69, 9.17) is 9.47 Å². The van der Waals surface area contributed by atoms with Gasteiger partial charge in [0, 0.05) is 56.1 Å². The summed E-state index contributed by atoms with van der Waals surface area (Å²) < 4.78 is 40.7. The van der Waals surface area contributed by atoms with Crippen LogP contribution in [0.5, 0.6) is 5.75 Å². The maximum absolute atomic E-state index is 14.4. The predicted octanol–water partition coefficient (Wildman–Crippen LogP) is 12.5. The molecular formula is C54H80F2N4O7. The summed E-state index contributed by atoms with van der Waals surface area (Å²) >= 11 is 0. The number of aromatic nitrogens is 1. The van der Waals surface area contributed by atoms with Crippen LogP contribution in [0.25, 0.3) is 0 Å². The Morgan fingerprint density at radius 1 is 0.851 bits per heavy atom. The molecule has 0 spiro atoms. The molecule has 0 aliphatic carbocycles. The van der Waals surface area contributed by atoms with E-state index in [1.54, 1.807) is 28.6 Å². The molecule has 3 atom stereocenters. The molecule has 67 heavy (non-hydrogen) atoms. The van der Waals surface area contributed by atoms with E-state index in [0.29, 0.717) is 31.0 Å². The molecule has 2 aliphatic heterocycles. The van der Waals surface area contributed by atoms with Crippen LogP contribution in [0.4, 0.5) is 8.78 Å². The Morgan fingerprint density at radius 3 is 1.97 bits per heavy atom. The number of hydrogen-bond donors (Lipinski definition) is 1.